The molecule has 0 aliphatic rings. The second-order valence-corrected chi connectivity index (χ2v) is 2.68. The van der Waals surface area contributed by atoms with Gasteiger partial charge in [0, 0.05) is 5.92 Å². The zero-order valence-corrected chi connectivity index (χ0v) is 7.01. The molecule has 1 aromatic heterocycles. The minimum absolute atomic E-state index is 0.265. The Morgan fingerprint density at radius 3 is 2.45 bits per heavy atom. The molecule has 0 saturated heterocycles. The summed E-state index contributed by atoms with van der Waals surface area (Å²) in [6.07, 6.45) is 0.948. The molecule has 1 atom stereocenters. The summed E-state index contributed by atoms with van der Waals surface area (Å²) in [5, 5.41) is 0. The summed E-state index contributed by atoms with van der Waals surface area (Å²) in [5.41, 5.74) is 0. The van der Waals surface area contributed by atoms with Crippen LogP contribution >= 0.6 is 0 Å². The highest BCUT2D eigenvalue weighted by atomic mass is 16.6. The highest BCUT2D eigenvalue weighted by Gasteiger charge is 2.13. The molecule has 62 valence electrons. The van der Waals surface area contributed by atoms with Crippen LogP contribution in [0.5, 0.6) is 0 Å². The molecule has 0 bridgehead atoms. The van der Waals surface area contributed by atoms with Gasteiger partial charge in [-0.3, -0.25) is 0 Å². The van der Waals surface area contributed by atoms with Gasteiger partial charge in [0.15, 0.2) is 5.76 Å². The van der Waals surface area contributed by atoms with Crippen LogP contribution in [0, 0.1) is 6.92 Å². The Morgan fingerprint density at radius 1 is 1.45 bits per heavy atom. The normalized spacial score (nSPS) is 13.4. The van der Waals surface area contributed by atoms with Gasteiger partial charge in [0.05, 0.1) is 0 Å². The topological polar surface area (TPSA) is 43.4 Å². The molecule has 3 heteroatoms. The maximum atomic E-state index is 10.6. The molecular formula is C8H12O3. The van der Waals surface area contributed by atoms with Crippen molar-refractivity contribution >= 4 is 0 Å². The molecule has 1 aromatic rings. The van der Waals surface area contributed by atoms with E-state index in [0.717, 1.165) is 6.42 Å². The summed E-state index contributed by atoms with van der Waals surface area (Å²) in [6, 6.07) is 0. The lowest BCUT2D eigenvalue weighted by molar-refractivity contribution is 0.362. The minimum atomic E-state index is -0.599. The molecule has 11 heavy (non-hydrogen) atoms. The Hall–Kier alpha value is -0.990. The van der Waals surface area contributed by atoms with Gasteiger partial charge in [-0.2, -0.15) is 0 Å². The summed E-state index contributed by atoms with van der Waals surface area (Å²) in [7, 11) is 0. The van der Waals surface area contributed by atoms with Crippen molar-refractivity contribution in [3.05, 3.63) is 22.1 Å². The van der Waals surface area contributed by atoms with Gasteiger partial charge in [0.1, 0.15) is 5.76 Å². The predicted octanol–water partition coefficient (Wildman–Crippen LogP) is 2.05. The fourth-order valence-electron chi connectivity index (χ4n) is 0.991. The Balaban J connectivity index is 3.02. The maximum absolute atomic E-state index is 10.6. The summed E-state index contributed by atoms with van der Waals surface area (Å²) < 4.78 is 9.56. The highest BCUT2D eigenvalue weighted by molar-refractivity contribution is 5.05. The first-order chi connectivity index (χ1) is 5.15. The van der Waals surface area contributed by atoms with E-state index in [4.69, 9.17) is 8.83 Å². The molecule has 0 N–H and O–H groups in total. The quantitative estimate of drug-likeness (QED) is 0.658. The first-order valence-electron chi connectivity index (χ1n) is 3.75. The zero-order chi connectivity index (χ0) is 8.43. The zero-order valence-electron chi connectivity index (χ0n) is 7.01. The summed E-state index contributed by atoms with van der Waals surface area (Å²) in [5.74, 6) is 0.945. The number of hydrogen-bond acceptors (Lipinski definition) is 3. The van der Waals surface area contributed by atoms with Gasteiger partial charge >= 0.3 is 5.82 Å². The molecule has 0 fully saturated rings. The minimum Gasteiger partial charge on any atom is -0.396 e. The number of aryl methyl sites for hydroxylation is 1. The Morgan fingerprint density at radius 2 is 2.09 bits per heavy atom. The van der Waals surface area contributed by atoms with Crippen LogP contribution in [0.4, 0.5) is 0 Å². The van der Waals surface area contributed by atoms with Crippen LogP contribution in [0.15, 0.2) is 13.6 Å². The Bertz CT molecular complexity index is 282. The molecule has 0 saturated carbocycles. The van der Waals surface area contributed by atoms with E-state index in [0.29, 0.717) is 11.5 Å². The van der Waals surface area contributed by atoms with E-state index >= 15 is 0 Å². The van der Waals surface area contributed by atoms with Crippen molar-refractivity contribution in [2.75, 3.05) is 0 Å². The van der Waals surface area contributed by atoms with Crippen LogP contribution in [0.1, 0.15) is 37.7 Å². The number of hydrogen-bond donors (Lipinski definition) is 0. The van der Waals surface area contributed by atoms with Gasteiger partial charge in [-0.1, -0.05) is 13.8 Å². The van der Waals surface area contributed by atoms with Crippen molar-refractivity contribution in [2.45, 2.75) is 33.1 Å². The molecule has 1 unspecified atom stereocenters. The first-order valence-corrected chi connectivity index (χ1v) is 3.75. The predicted molar refractivity (Wildman–Crippen MR) is 40.7 cm³/mol. The molecule has 0 aromatic carbocycles. The Labute approximate surface area is 65.0 Å². The molecule has 0 spiro atoms. The molecule has 1 rings (SSSR count). The third kappa shape index (κ3) is 1.53. The van der Waals surface area contributed by atoms with E-state index in [1.807, 2.05) is 13.8 Å². The third-order valence-corrected chi connectivity index (χ3v) is 1.84. The van der Waals surface area contributed by atoms with E-state index in [2.05, 4.69) is 0 Å². The summed E-state index contributed by atoms with van der Waals surface area (Å²) >= 11 is 0. The van der Waals surface area contributed by atoms with Crippen molar-refractivity contribution in [3.63, 3.8) is 0 Å². The van der Waals surface area contributed by atoms with E-state index in [1.54, 1.807) is 6.92 Å². The third-order valence-electron chi connectivity index (χ3n) is 1.84. The van der Waals surface area contributed by atoms with Crippen LogP contribution in [0.25, 0.3) is 0 Å². The van der Waals surface area contributed by atoms with Crippen LogP contribution in [0.2, 0.25) is 0 Å². The summed E-state index contributed by atoms with van der Waals surface area (Å²) in [4.78, 5) is 10.6. The smallest absolute Gasteiger partial charge is 0.396 e. The lowest BCUT2D eigenvalue weighted by atomic mass is 10.1. The average molecular weight is 156 g/mol. The SMILES string of the molecule is CCC(C)c1oc(=O)oc1C. The maximum Gasteiger partial charge on any atom is 0.519 e. The standard InChI is InChI=1S/C8H12O3/c1-4-5(2)7-6(3)10-8(9)11-7/h5H,4H2,1-3H3. The molecule has 1 heterocycles. The number of rotatable bonds is 2. The molecule has 0 aliphatic heterocycles. The second kappa shape index (κ2) is 2.95. The monoisotopic (exact) mass is 156 g/mol. The van der Waals surface area contributed by atoms with E-state index in [-0.39, 0.29) is 5.92 Å². The van der Waals surface area contributed by atoms with E-state index in [1.165, 1.54) is 0 Å². The molecule has 0 aliphatic carbocycles. The molecule has 0 amide bonds. The van der Waals surface area contributed by atoms with Crippen molar-refractivity contribution in [3.8, 4) is 0 Å². The van der Waals surface area contributed by atoms with Gasteiger partial charge < -0.3 is 8.83 Å². The second-order valence-electron chi connectivity index (χ2n) is 2.68. The van der Waals surface area contributed by atoms with Crippen molar-refractivity contribution in [1.29, 1.82) is 0 Å². The molecular weight excluding hydrogens is 144 g/mol. The van der Waals surface area contributed by atoms with Gasteiger partial charge in [0.25, 0.3) is 0 Å². The first kappa shape index (κ1) is 8.11. The largest absolute Gasteiger partial charge is 0.519 e. The average Bonchev–Trinajstić information content (AvgIpc) is 2.28. The van der Waals surface area contributed by atoms with Gasteiger partial charge in [0.2, 0.25) is 0 Å². The van der Waals surface area contributed by atoms with Crippen molar-refractivity contribution in [1.82, 2.24) is 0 Å². The summed E-state index contributed by atoms with van der Waals surface area (Å²) in [6.45, 7) is 5.78. The van der Waals surface area contributed by atoms with Gasteiger partial charge in [-0.05, 0) is 13.3 Å². The fraction of sp³-hybridized carbons (Fsp3) is 0.625. The lowest BCUT2D eigenvalue weighted by Gasteiger charge is -2.01. The molecule has 0 radical (unpaired) electrons. The van der Waals surface area contributed by atoms with Crippen LogP contribution < -0.4 is 5.82 Å². The fourth-order valence-corrected chi connectivity index (χ4v) is 0.991. The Kier molecular flexibility index (Phi) is 2.17. The van der Waals surface area contributed by atoms with Crippen molar-refractivity contribution < 1.29 is 8.83 Å². The van der Waals surface area contributed by atoms with E-state index < -0.39 is 5.82 Å². The molecule has 3 nitrogen and oxygen atoms in total. The highest BCUT2D eigenvalue weighted by Crippen LogP contribution is 2.20. The van der Waals surface area contributed by atoms with Gasteiger partial charge in [-0.15, -0.1) is 0 Å². The van der Waals surface area contributed by atoms with Crippen LogP contribution in [0.3, 0.4) is 0 Å². The van der Waals surface area contributed by atoms with Crippen molar-refractivity contribution in [2.24, 2.45) is 0 Å². The lowest BCUT2D eigenvalue weighted by Crippen LogP contribution is -1.91. The van der Waals surface area contributed by atoms with Crippen LogP contribution in [-0.2, 0) is 0 Å². The van der Waals surface area contributed by atoms with Crippen LogP contribution in [-0.4, -0.2) is 0 Å². The van der Waals surface area contributed by atoms with E-state index in [9.17, 15) is 4.79 Å². The van der Waals surface area contributed by atoms with Gasteiger partial charge in [-0.25, -0.2) is 4.79 Å².